The Balaban J connectivity index is 1.74. The van der Waals surface area contributed by atoms with Crippen LogP contribution in [-0.2, 0) is 22.0 Å². The Labute approximate surface area is 150 Å². The summed E-state index contributed by atoms with van der Waals surface area (Å²) in [5, 5.41) is 7.44. The Hall–Kier alpha value is -2.22. The molecule has 2 aromatic heterocycles. The average molecular weight is 362 g/mol. The lowest BCUT2D eigenvalue weighted by Gasteiger charge is -2.16. The Morgan fingerprint density at radius 2 is 2.12 bits per heavy atom. The molecule has 2 aromatic rings. The van der Waals surface area contributed by atoms with Crippen molar-refractivity contribution in [2.45, 2.75) is 38.5 Å². The molecule has 2 atom stereocenters. The van der Waals surface area contributed by atoms with Crippen molar-refractivity contribution in [1.82, 2.24) is 14.8 Å². The highest BCUT2D eigenvalue weighted by Gasteiger charge is 2.45. The van der Waals surface area contributed by atoms with Crippen LogP contribution in [0, 0.1) is 5.92 Å². The van der Waals surface area contributed by atoms with E-state index < -0.39 is 5.97 Å². The number of methoxy groups -OCH3 is 1. The van der Waals surface area contributed by atoms with Crippen LogP contribution < -0.4 is 5.32 Å². The number of hydrogen-bond acceptors (Lipinski definition) is 6. The van der Waals surface area contributed by atoms with E-state index in [4.69, 9.17) is 4.74 Å². The number of amides is 1. The molecule has 1 N–H and O–H groups in total. The fraction of sp³-hybridized carbons (Fsp3) is 0.529. The van der Waals surface area contributed by atoms with Gasteiger partial charge in [-0.25, -0.2) is 9.78 Å². The van der Waals surface area contributed by atoms with Crippen molar-refractivity contribution in [2.24, 2.45) is 13.0 Å². The van der Waals surface area contributed by atoms with Gasteiger partial charge in [-0.15, -0.1) is 0 Å². The van der Waals surface area contributed by atoms with E-state index in [-0.39, 0.29) is 23.2 Å². The predicted octanol–water partition coefficient (Wildman–Crippen LogP) is 2.70. The molecular formula is C17H22N4O3S. The van der Waals surface area contributed by atoms with Gasteiger partial charge < -0.3 is 10.1 Å². The molecule has 0 spiro atoms. The Morgan fingerprint density at radius 1 is 1.40 bits per heavy atom. The van der Waals surface area contributed by atoms with Gasteiger partial charge in [0, 0.05) is 24.6 Å². The monoisotopic (exact) mass is 362 g/mol. The smallest absolute Gasteiger partial charge is 0.350 e. The summed E-state index contributed by atoms with van der Waals surface area (Å²) in [6.45, 7) is 5.91. The molecule has 7 nitrogen and oxygen atoms in total. The highest BCUT2D eigenvalue weighted by Crippen LogP contribution is 2.48. The fourth-order valence-corrected chi connectivity index (χ4v) is 3.89. The van der Waals surface area contributed by atoms with Crippen molar-refractivity contribution >= 4 is 28.3 Å². The Kier molecular flexibility index (Phi) is 4.40. The Bertz CT molecular complexity index is 818. The summed E-state index contributed by atoms with van der Waals surface area (Å²) in [6.07, 6.45) is 4.54. The third-order valence-corrected chi connectivity index (χ3v) is 5.17. The van der Waals surface area contributed by atoms with E-state index in [9.17, 15) is 9.59 Å². The van der Waals surface area contributed by atoms with Crippen molar-refractivity contribution in [2.75, 3.05) is 12.4 Å². The molecule has 134 valence electrons. The van der Waals surface area contributed by atoms with Gasteiger partial charge in [0.25, 0.3) is 0 Å². The third-order valence-electron chi connectivity index (χ3n) is 4.22. The van der Waals surface area contributed by atoms with Crippen LogP contribution in [0.25, 0.3) is 0 Å². The van der Waals surface area contributed by atoms with E-state index in [1.54, 1.807) is 10.9 Å². The van der Waals surface area contributed by atoms with Crippen LogP contribution >= 0.6 is 11.3 Å². The molecule has 0 radical (unpaired) electrons. The molecule has 0 saturated heterocycles. The first kappa shape index (κ1) is 17.6. The zero-order valence-corrected chi connectivity index (χ0v) is 15.8. The minimum Gasteiger partial charge on any atom is -0.465 e. The average Bonchev–Trinajstić information content (AvgIpc) is 3.03. The molecule has 0 bridgehead atoms. The number of aromatic nitrogens is 3. The van der Waals surface area contributed by atoms with Gasteiger partial charge in [0.15, 0.2) is 5.13 Å². The molecule has 0 aromatic carbocycles. The van der Waals surface area contributed by atoms with E-state index >= 15 is 0 Å². The molecule has 8 heteroatoms. The molecule has 0 unspecified atom stereocenters. The molecule has 3 rings (SSSR count). The molecule has 1 fully saturated rings. The Morgan fingerprint density at radius 3 is 2.68 bits per heavy atom. The lowest BCUT2D eigenvalue weighted by atomic mass is 9.91. The van der Waals surface area contributed by atoms with Crippen molar-refractivity contribution in [3.63, 3.8) is 0 Å². The predicted molar refractivity (Wildman–Crippen MR) is 94.8 cm³/mol. The molecule has 1 amide bonds. The van der Waals surface area contributed by atoms with Crippen molar-refractivity contribution < 1.29 is 14.3 Å². The van der Waals surface area contributed by atoms with E-state index in [1.807, 2.05) is 34.0 Å². The van der Waals surface area contributed by atoms with Crippen molar-refractivity contribution in [3.05, 3.63) is 28.5 Å². The van der Waals surface area contributed by atoms with Crippen LogP contribution in [0.1, 0.15) is 54.0 Å². The second-order valence-electron chi connectivity index (χ2n) is 7.32. The number of nitrogens with one attached hydrogen (secondary N) is 1. The number of carbonyl (C=O) groups excluding carboxylic acids is 2. The van der Waals surface area contributed by atoms with Crippen molar-refractivity contribution in [3.8, 4) is 0 Å². The number of aryl methyl sites for hydroxylation is 1. The minimum absolute atomic E-state index is 0.0699. The highest BCUT2D eigenvalue weighted by atomic mass is 32.1. The number of carbonyl (C=O) groups is 2. The first-order chi connectivity index (χ1) is 11.7. The van der Waals surface area contributed by atoms with Gasteiger partial charge in [-0.05, 0) is 17.9 Å². The standard InChI is InChI=1S/C17H22N4O3S/c1-17(2,3)13-12(15(23)24-5)25-16(19-13)20-14(22)11-6-10(11)9-7-18-21(4)8-9/h7-8,10-11H,6H2,1-5H3,(H,19,20,22)/t10-,11-/m1/s1. The second-order valence-corrected chi connectivity index (χ2v) is 8.32. The maximum Gasteiger partial charge on any atom is 0.350 e. The van der Waals surface area contributed by atoms with Crippen LogP contribution in [0.5, 0.6) is 0 Å². The molecule has 1 saturated carbocycles. The largest absolute Gasteiger partial charge is 0.465 e. The van der Waals surface area contributed by atoms with E-state index in [1.165, 1.54) is 7.11 Å². The number of ether oxygens (including phenoxy) is 1. The SMILES string of the molecule is COC(=O)c1sc(NC(=O)[C@@H]2C[C@@H]2c2cnn(C)c2)nc1C(C)(C)C. The third kappa shape index (κ3) is 3.58. The minimum atomic E-state index is -0.428. The van der Waals surface area contributed by atoms with E-state index in [0.29, 0.717) is 15.7 Å². The second kappa shape index (κ2) is 6.25. The molecule has 25 heavy (non-hydrogen) atoms. The maximum absolute atomic E-state index is 12.5. The van der Waals surface area contributed by atoms with Crippen molar-refractivity contribution in [1.29, 1.82) is 0 Å². The van der Waals surface area contributed by atoms with Gasteiger partial charge in [0.2, 0.25) is 5.91 Å². The number of thiazole rings is 1. The molecular weight excluding hydrogens is 340 g/mol. The summed E-state index contributed by atoms with van der Waals surface area (Å²) in [7, 11) is 3.20. The summed E-state index contributed by atoms with van der Waals surface area (Å²) >= 11 is 1.16. The summed E-state index contributed by atoms with van der Waals surface area (Å²) in [6, 6.07) is 0. The number of esters is 1. The number of nitrogens with zero attached hydrogens (tertiary/aromatic N) is 3. The van der Waals surface area contributed by atoms with Gasteiger partial charge in [0.05, 0.1) is 19.0 Å². The summed E-state index contributed by atoms with van der Waals surface area (Å²) in [5.74, 6) is -0.370. The van der Waals surface area contributed by atoms with Gasteiger partial charge in [0.1, 0.15) is 4.88 Å². The van der Waals surface area contributed by atoms with E-state index in [2.05, 4.69) is 15.4 Å². The van der Waals surface area contributed by atoms with Crippen LogP contribution in [-0.4, -0.2) is 33.8 Å². The lowest BCUT2D eigenvalue weighted by Crippen LogP contribution is -2.17. The first-order valence-electron chi connectivity index (χ1n) is 8.09. The zero-order valence-electron chi connectivity index (χ0n) is 15.0. The zero-order chi connectivity index (χ0) is 18.4. The van der Waals surface area contributed by atoms with Crippen LogP contribution in [0.3, 0.4) is 0 Å². The number of anilines is 1. The highest BCUT2D eigenvalue weighted by molar-refractivity contribution is 7.17. The molecule has 1 aliphatic rings. The maximum atomic E-state index is 12.5. The topological polar surface area (TPSA) is 86.1 Å². The summed E-state index contributed by atoms with van der Waals surface area (Å²) < 4.78 is 6.57. The quantitative estimate of drug-likeness (QED) is 0.845. The molecule has 1 aliphatic carbocycles. The molecule has 2 heterocycles. The van der Waals surface area contributed by atoms with Gasteiger partial charge in [-0.1, -0.05) is 32.1 Å². The van der Waals surface area contributed by atoms with Crippen LogP contribution in [0.4, 0.5) is 5.13 Å². The number of rotatable bonds is 4. The normalized spacial score (nSPS) is 19.6. The van der Waals surface area contributed by atoms with Crippen LogP contribution in [0.15, 0.2) is 12.4 Å². The van der Waals surface area contributed by atoms with Gasteiger partial charge in [-0.3, -0.25) is 9.48 Å². The van der Waals surface area contributed by atoms with Gasteiger partial charge in [-0.2, -0.15) is 5.10 Å². The molecule has 0 aliphatic heterocycles. The van der Waals surface area contributed by atoms with E-state index in [0.717, 1.165) is 23.3 Å². The summed E-state index contributed by atoms with van der Waals surface area (Å²) in [4.78, 5) is 29.4. The lowest BCUT2D eigenvalue weighted by molar-refractivity contribution is -0.117. The van der Waals surface area contributed by atoms with Crippen LogP contribution in [0.2, 0.25) is 0 Å². The number of hydrogen-bond donors (Lipinski definition) is 1. The first-order valence-corrected chi connectivity index (χ1v) is 8.91. The van der Waals surface area contributed by atoms with Gasteiger partial charge >= 0.3 is 5.97 Å². The summed E-state index contributed by atoms with van der Waals surface area (Å²) in [5.41, 5.74) is 1.40. The fourth-order valence-electron chi connectivity index (χ4n) is 2.80.